The van der Waals surface area contributed by atoms with Crippen LogP contribution in [0.5, 0.6) is 23.0 Å². The van der Waals surface area contributed by atoms with Crippen molar-refractivity contribution in [3.8, 4) is 33.4 Å². The lowest BCUT2D eigenvalue weighted by Crippen LogP contribution is -2.25. The number of nitrogens with one attached hydrogen (secondary N) is 1. The van der Waals surface area contributed by atoms with Crippen LogP contribution in [0.4, 0.5) is 0 Å². The van der Waals surface area contributed by atoms with Crippen LogP contribution >= 0.6 is 11.3 Å². The third kappa shape index (κ3) is 12.0. The van der Waals surface area contributed by atoms with Crippen LogP contribution in [0.25, 0.3) is 20.5 Å². The number of hydrogen-bond acceptors (Lipinski definition) is 7. The lowest BCUT2D eigenvalue weighted by Gasteiger charge is -2.15. The van der Waals surface area contributed by atoms with Gasteiger partial charge in [0.15, 0.2) is 11.5 Å². The monoisotopic (exact) mass is 736 g/mol. The zero-order valence-electron chi connectivity index (χ0n) is 32.1. The average Bonchev–Trinajstić information content (AvgIpc) is 3.83. The van der Waals surface area contributed by atoms with Gasteiger partial charge in [0.25, 0.3) is 0 Å². The molecule has 7 nitrogen and oxygen atoms in total. The maximum atomic E-state index is 10.4. The van der Waals surface area contributed by atoms with Crippen molar-refractivity contribution in [3.05, 3.63) is 108 Å². The Balaban J connectivity index is 0.000000476. The van der Waals surface area contributed by atoms with Crippen molar-refractivity contribution in [1.29, 1.82) is 0 Å². The second-order valence-electron chi connectivity index (χ2n) is 13.6. The lowest BCUT2D eigenvalue weighted by molar-refractivity contribution is -0.119. The van der Waals surface area contributed by atoms with Crippen LogP contribution in [0, 0.1) is 5.92 Å². The molecule has 282 valence electrons. The fraction of sp³-hybridized carbons (Fsp3) is 0.400. The molecule has 1 amide bonds. The summed E-state index contributed by atoms with van der Waals surface area (Å²) < 4.78 is 24.9. The average molecular weight is 737 g/mol. The van der Waals surface area contributed by atoms with Gasteiger partial charge in [0.1, 0.15) is 24.7 Å². The minimum atomic E-state index is 0.0725. The summed E-state index contributed by atoms with van der Waals surface area (Å²) in [6, 6.07) is 31.5. The van der Waals surface area contributed by atoms with Gasteiger partial charge in [0, 0.05) is 29.6 Å². The Labute approximate surface area is 320 Å². The van der Waals surface area contributed by atoms with E-state index in [0.717, 1.165) is 67.0 Å². The molecule has 0 spiro atoms. The molecule has 4 aromatic carbocycles. The van der Waals surface area contributed by atoms with Crippen molar-refractivity contribution in [2.24, 2.45) is 5.92 Å². The molecule has 0 aliphatic carbocycles. The van der Waals surface area contributed by atoms with Crippen molar-refractivity contribution in [2.45, 2.75) is 66.4 Å². The highest BCUT2D eigenvalue weighted by atomic mass is 32.1. The van der Waals surface area contributed by atoms with E-state index in [1.807, 2.05) is 42.5 Å². The summed E-state index contributed by atoms with van der Waals surface area (Å²) >= 11 is 1.81. The summed E-state index contributed by atoms with van der Waals surface area (Å²) in [5, 5.41) is 4.01. The number of fused-ring (bicyclic) bond motifs is 1. The number of carbonyl (C=O) groups excluding carboxylic acids is 1. The fourth-order valence-electron chi connectivity index (χ4n) is 6.37. The van der Waals surface area contributed by atoms with Crippen LogP contribution in [0.2, 0.25) is 0 Å². The summed E-state index contributed by atoms with van der Waals surface area (Å²) in [7, 11) is 1.69. The normalized spacial score (nSPS) is 13.2. The third-order valence-corrected chi connectivity index (χ3v) is 10.9. The first-order chi connectivity index (χ1) is 25.9. The van der Waals surface area contributed by atoms with Crippen molar-refractivity contribution < 1.29 is 23.7 Å². The van der Waals surface area contributed by atoms with E-state index in [1.165, 1.54) is 64.0 Å². The number of hydrogen-bond donors (Lipinski definition) is 1. The number of thiophene rings is 1. The molecule has 1 aliphatic heterocycles. The van der Waals surface area contributed by atoms with Crippen molar-refractivity contribution in [1.82, 2.24) is 10.2 Å². The Hall–Kier alpha value is -4.53. The summed E-state index contributed by atoms with van der Waals surface area (Å²) in [5.74, 6) is 4.12. The zero-order valence-corrected chi connectivity index (χ0v) is 32.9. The predicted molar refractivity (Wildman–Crippen MR) is 219 cm³/mol. The molecule has 1 aromatic heterocycles. The van der Waals surface area contributed by atoms with E-state index in [2.05, 4.69) is 90.8 Å². The molecule has 2 heterocycles. The first-order valence-electron chi connectivity index (χ1n) is 19.1. The van der Waals surface area contributed by atoms with Gasteiger partial charge in [0.2, 0.25) is 5.91 Å². The summed E-state index contributed by atoms with van der Waals surface area (Å²) in [6.07, 6.45) is 5.67. The number of nitrogens with zero attached hydrogens (tertiary/aromatic N) is 1. The molecule has 0 saturated carbocycles. The number of ether oxygens (including phenoxy) is 4. The fourth-order valence-corrected chi connectivity index (χ4v) is 7.63. The molecular weight excluding hydrogens is 681 g/mol. The van der Waals surface area contributed by atoms with Gasteiger partial charge in [0.05, 0.1) is 13.7 Å². The Morgan fingerprint density at radius 3 is 2.30 bits per heavy atom. The third-order valence-electron chi connectivity index (χ3n) is 9.62. The number of benzene rings is 4. The van der Waals surface area contributed by atoms with E-state index in [1.54, 1.807) is 14.0 Å². The number of methoxy groups -OCH3 is 1. The van der Waals surface area contributed by atoms with E-state index in [-0.39, 0.29) is 5.91 Å². The predicted octanol–water partition coefficient (Wildman–Crippen LogP) is 10.2. The molecule has 0 radical (unpaired) electrons. The molecule has 1 saturated heterocycles. The number of amides is 1. The second kappa shape index (κ2) is 20.6. The van der Waals surface area contributed by atoms with Gasteiger partial charge in [-0.2, -0.15) is 0 Å². The van der Waals surface area contributed by atoms with E-state index in [0.29, 0.717) is 13.2 Å². The molecule has 1 fully saturated rings. The highest BCUT2D eigenvalue weighted by Gasteiger charge is 2.17. The Bertz CT molecular complexity index is 1850. The van der Waals surface area contributed by atoms with Gasteiger partial charge in [-0.05, 0) is 134 Å². The number of carbonyl (C=O) groups is 1. The van der Waals surface area contributed by atoms with Crippen LogP contribution in [-0.4, -0.2) is 57.3 Å². The minimum Gasteiger partial charge on any atom is -0.493 e. The highest BCUT2D eigenvalue weighted by Crippen LogP contribution is 2.42. The molecule has 5 aromatic rings. The van der Waals surface area contributed by atoms with Crippen LogP contribution in [-0.2, 0) is 17.8 Å². The van der Waals surface area contributed by atoms with Crippen molar-refractivity contribution in [2.75, 3.05) is 46.5 Å². The van der Waals surface area contributed by atoms with Crippen LogP contribution in [0.1, 0.15) is 70.1 Å². The zero-order chi connectivity index (χ0) is 37.4. The van der Waals surface area contributed by atoms with Crippen LogP contribution in [0.15, 0.2) is 91.0 Å². The Morgan fingerprint density at radius 1 is 0.849 bits per heavy atom. The van der Waals surface area contributed by atoms with E-state index in [9.17, 15) is 4.79 Å². The van der Waals surface area contributed by atoms with Gasteiger partial charge in [-0.3, -0.25) is 9.69 Å². The number of likely N-dealkylation sites (tertiary alicyclic amines) is 1. The Morgan fingerprint density at radius 2 is 1.60 bits per heavy atom. The lowest BCUT2D eigenvalue weighted by atomic mass is 9.98. The van der Waals surface area contributed by atoms with Crippen molar-refractivity contribution in [3.63, 3.8) is 0 Å². The molecule has 1 N–H and O–H groups in total. The molecule has 0 bridgehead atoms. The largest absolute Gasteiger partial charge is 0.493 e. The van der Waals surface area contributed by atoms with E-state index in [4.69, 9.17) is 18.9 Å². The van der Waals surface area contributed by atoms with Gasteiger partial charge in [-0.1, -0.05) is 56.7 Å². The first-order valence-corrected chi connectivity index (χ1v) is 19.9. The SMILES string of the molecule is CCC(C)CCNC(C)=O.CCOc1ccc(Cc2c(-c3ccc(OCCN4CCCC4)cc3)sc3cc(OCc4ccccc4)ccc23)cc1OC. The van der Waals surface area contributed by atoms with E-state index >= 15 is 0 Å². The maximum absolute atomic E-state index is 10.4. The standard InChI is InChI=1S/C37H39NO4S.C8H17NO/c1-3-40-34-18-11-28(24-35(34)39-2)23-33-32-17-16-31(42-26-27-9-5-4-6-10-27)25-36(32)43-37(33)29-12-14-30(15-13-29)41-22-21-38-19-7-8-20-38;1-4-7(2)5-6-9-8(3)10/h4-6,9-18,24-25H,3,7-8,19-23,26H2,1-2H3;7H,4-6H2,1-3H3,(H,9,10). The Kier molecular flexibility index (Phi) is 15.5. The second-order valence-corrected chi connectivity index (χ2v) is 14.7. The van der Waals surface area contributed by atoms with Gasteiger partial charge >= 0.3 is 0 Å². The molecule has 6 rings (SSSR count). The smallest absolute Gasteiger partial charge is 0.216 e. The van der Waals surface area contributed by atoms with Crippen LogP contribution in [0.3, 0.4) is 0 Å². The molecule has 1 unspecified atom stereocenters. The summed E-state index contributed by atoms with van der Waals surface area (Å²) in [4.78, 5) is 14.1. The maximum Gasteiger partial charge on any atom is 0.216 e. The molecular formula is C45H56N2O5S. The number of rotatable bonds is 17. The molecule has 53 heavy (non-hydrogen) atoms. The topological polar surface area (TPSA) is 69.3 Å². The molecule has 1 aliphatic rings. The van der Waals surface area contributed by atoms with E-state index < -0.39 is 0 Å². The molecule has 8 heteroatoms. The summed E-state index contributed by atoms with van der Waals surface area (Å²) in [6.45, 7) is 14.0. The van der Waals surface area contributed by atoms with Gasteiger partial charge < -0.3 is 24.3 Å². The van der Waals surface area contributed by atoms with Gasteiger partial charge in [-0.15, -0.1) is 11.3 Å². The quantitative estimate of drug-likeness (QED) is 0.103. The minimum absolute atomic E-state index is 0.0725. The van der Waals surface area contributed by atoms with Crippen LogP contribution < -0.4 is 24.3 Å². The highest BCUT2D eigenvalue weighted by molar-refractivity contribution is 7.22. The van der Waals surface area contributed by atoms with Crippen molar-refractivity contribution >= 4 is 27.3 Å². The summed E-state index contributed by atoms with van der Waals surface area (Å²) in [5.41, 5.74) is 4.81. The molecule has 1 atom stereocenters. The van der Waals surface area contributed by atoms with Gasteiger partial charge in [-0.25, -0.2) is 0 Å². The first kappa shape index (κ1) is 39.7.